The third-order valence-corrected chi connectivity index (χ3v) is 5.34. The van der Waals surface area contributed by atoms with E-state index in [2.05, 4.69) is 0 Å². The molecule has 2 aliphatic carbocycles. The van der Waals surface area contributed by atoms with E-state index in [0.717, 1.165) is 17.4 Å². The molecule has 2 fully saturated rings. The average Bonchev–Trinajstić information content (AvgIpc) is 2.47. The van der Waals surface area contributed by atoms with Gasteiger partial charge < -0.3 is 5.73 Å². The summed E-state index contributed by atoms with van der Waals surface area (Å²) >= 11 is 0. The smallest absolute Gasteiger partial charge is 0.123 e. The zero-order chi connectivity index (χ0) is 13.2. The summed E-state index contributed by atoms with van der Waals surface area (Å²) in [5.74, 6) is 2.28. The second-order valence-electron chi connectivity index (χ2n) is 6.46. The standard InChI is InChI=1S/C17H24FN/c18-16-9-7-13(8-10-16)17(19)15-6-5-12-3-1-2-4-14(12)11-15/h7-10,12,14-15,17H,1-6,11,19H2. The lowest BCUT2D eigenvalue weighted by atomic mass is 9.65. The van der Waals surface area contributed by atoms with E-state index < -0.39 is 0 Å². The van der Waals surface area contributed by atoms with Gasteiger partial charge in [0.1, 0.15) is 5.82 Å². The maximum atomic E-state index is 13.0. The van der Waals surface area contributed by atoms with Crippen LogP contribution in [0, 0.1) is 23.6 Å². The molecule has 2 N–H and O–H groups in total. The number of rotatable bonds is 2. The van der Waals surface area contributed by atoms with Gasteiger partial charge >= 0.3 is 0 Å². The lowest BCUT2D eigenvalue weighted by Gasteiger charge is -2.41. The average molecular weight is 261 g/mol. The van der Waals surface area contributed by atoms with Crippen LogP contribution >= 0.6 is 0 Å². The number of nitrogens with two attached hydrogens (primary N) is 1. The van der Waals surface area contributed by atoms with Crippen molar-refractivity contribution in [1.82, 2.24) is 0 Å². The zero-order valence-electron chi connectivity index (χ0n) is 11.5. The number of benzene rings is 1. The molecule has 104 valence electrons. The minimum atomic E-state index is -0.174. The SMILES string of the molecule is NC(c1ccc(F)cc1)C1CCC2CCCCC2C1. The van der Waals surface area contributed by atoms with Gasteiger partial charge in [-0.25, -0.2) is 4.39 Å². The van der Waals surface area contributed by atoms with E-state index in [-0.39, 0.29) is 11.9 Å². The third kappa shape index (κ3) is 2.84. The van der Waals surface area contributed by atoms with Crippen molar-refractivity contribution in [2.24, 2.45) is 23.5 Å². The Bertz CT molecular complexity index is 414. The Morgan fingerprint density at radius 3 is 2.37 bits per heavy atom. The van der Waals surface area contributed by atoms with Crippen LogP contribution in [0.3, 0.4) is 0 Å². The summed E-state index contributed by atoms with van der Waals surface area (Å²) in [4.78, 5) is 0. The molecule has 0 radical (unpaired) electrons. The molecule has 3 rings (SSSR count). The Balaban J connectivity index is 1.67. The van der Waals surface area contributed by atoms with Gasteiger partial charge in [0, 0.05) is 6.04 Å². The highest BCUT2D eigenvalue weighted by Gasteiger charge is 2.34. The van der Waals surface area contributed by atoms with Gasteiger partial charge in [-0.2, -0.15) is 0 Å². The molecule has 2 heteroatoms. The summed E-state index contributed by atoms with van der Waals surface area (Å²) in [7, 11) is 0. The Morgan fingerprint density at radius 1 is 0.947 bits per heavy atom. The van der Waals surface area contributed by atoms with Crippen molar-refractivity contribution < 1.29 is 4.39 Å². The molecule has 2 saturated carbocycles. The van der Waals surface area contributed by atoms with Crippen LogP contribution in [0.4, 0.5) is 4.39 Å². The van der Waals surface area contributed by atoms with Crippen LogP contribution in [0.15, 0.2) is 24.3 Å². The summed E-state index contributed by atoms with van der Waals surface area (Å²) in [5.41, 5.74) is 7.52. The molecule has 0 spiro atoms. The third-order valence-electron chi connectivity index (χ3n) is 5.34. The quantitative estimate of drug-likeness (QED) is 0.837. The number of hydrogen-bond donors (Lipinski definition) is 1. The highest BCUT2D eigenvalue weighted by atomic mass is 19.1. The molecule has 4 atom stereocenters. The number of halogens is 1. The van der Waals surface area contributed by atoms with Gasteiger partial charge in [0.25, 0.3) is 0 Å². The fourth-order valence-electron chi connectivity index (χ4n) is 4.19. The van der Waals surface area contributed by atoms with Gasteiger partial charge in [0.2, 0.25) is 0 Å². The molecule has 0 saturated heterocycles. The van der Waals surface area contributed by atoms with Crippen molar-refractivity contribution in [3.63, 3.8) is 0 Å². The van der Waals surface area contributed by atoms with Crippen molar-refractivity contribution >= 4 is 0 Å². The highest BCUT2D eigenvalue weighted by molar-refractivity contribution is 5.20. The normalized spacial score (nSPS) is 32.6. The molecule has 1 nitrogen and oxygen atoms in total. The predicted octanol–water partition coefficient (Wildman–Crippen LogP) is 4.43. The second kappa shape index (κ2) is 5.62. The van der Waals surface area contributed by atoms with E-state index in [0.29, 0.717) is 5.92 Å². The van der Waals surface area contributed by atoms with Gasteiger partial charge in [0.05, 0.1) is 0 Å². The van der Waals surface area contributed by atoms with Crippen LogP contribution in [0.1, 0.15) is 56.6 Å². The first-order valence-electron chi connectivity index (χ1n) is 7.75. The molecular weight excluding hydrogens is 237 g/mol. The first kappa shape index (κ1) is 13.1. The predicted molar refractivity (Wildman–Crippen MR) is 76.1 cm³/mol. The van der Waals surface area contributed by atoms with Crippen LogP contribution in [0.5, 0.6) is 0 Å². The molecule has 0 aliphatic heterocycles. The minimum absolute atomic E-state index is 0.0866. The Kier molecular flexibility index (Phi) is 3.88. The van der Waals surface area contributed by atoms with Gasteiger partial charge in [-0.15, -0.1) is 0 Å². The van der Waals surface area contributed by atoms with E-state index in [1.807, 2.05) is 12.1 Å². The van der Waals surface area contributed by atoms with E-state index >= 15 is 0 Å². The van der Waals surface area contributed by atoms with Crippen molar-refractivity contribution in [1.29, 1.82) is 0 Å². The highest BCUT2D eigenvalue weighted by Crippen LogP contribution is 2.45. The van der Waals surface area contributed by atoms with Crippen LogP contribution in [-0.4, -0.2) is 0 Å². The van der Waals surface area contributed by atoms with Crippen LogP contribution in [0.2, 0.25) is 0 Å². The van der Waals surface area contributed by atoms with Crippen molar-refractivity contribution in [2.45, 2.75) is 51.0 Å². The summed E-state index contributed by atoms with van der Waals surface area (Å²) in [6.45, 7) is 0. The monoisotopic (exact) mass is 261 g/mol. The molecule has 1 aromatic rings. The van der Waals surface area contributed by atoms with Gasteiger partial charge in [-0.05, 0) is 54.7 Å². The first-order valence-corrected chi connectivity index (χ1v) is 7.75. The lowest BCUT2D eigenvalue weighted by Crippen LogP contribution is -2.33. The fraction of sp³-hybridized carbons (Fsp3) is 0.647. The molecular formula is C17H24FN. The summed E-state index contributed by atoms with van der Waals surface area (Å²) in [6, 6.07) is 6.85. The zero-order valence-corrected chi connectivity index (χ0v) is 11.5. The van der Waals surface area contributed by atoms with E-state index in [4.69, 9.17) is 5.73 Å². The van der Waals surface area contributed by atoms with Crippen LogP contribution in [-0.2, 0) is 0 Å². The topological polar surface area (TPSA) is 26.0 Å². The summed E-state index contributed by atoms with van der Waals surface area (Å²) in [6.07, 6.45) is 9.54. The van der Waals surface area contributed by atoms with Crippen molar-refractivity contribution in [3.8, 4) is 0 Å². The van der Waals surface area contributed by atoms with Gasteiger partial charge in [-0.1, -0.05) is 37.8 Å². The van der Waals surface area contributed by atoms with Crippen LogP contribution in [0.25, 0.3) is 0 Å². The van der Waals surface area contributed by atoms with Gasteiger partial charge in [-0.3, -0.25) is 0 Å². The molecule has 1 aromatic carbocycles. The fourth-order valence-corrected chi connectivity index (χ4v) is 4.19. The van der Waals surface area contributed by atoms with E-state index in [1.54, 1.807) is 0 Å². The molecule has 0 aromatic heterocycles. The number of hydrogen-bond acceptors (Lipinski definition) is 1. The summed E-state index contributed by atoms with van der Waals surface area (Å²) < 4.78 is 13.0. The Morgan fingerprint density at radius 2 is 1.63 bits per heavy atom. The Labute approximate surface area is 115 Å². The van der Waals surface area contributed by atoms with Gasteiger partial charge in [0.15, 0.2) is 0 Å². The van der Waals surface area contributed by atoms with E-state index in [1.165, 1.54) is 57.1 Å². The minimum Gasteiger partial charge on any atom is -0.324 e. The maximum Gasteiger partial charge on any atom is 0.123 e. The Hall–Kier alpha value is -0.890. The van der Waals surface area contributed by atoms with E-state index in [9.17, 15) is 4.39 Å². The molecule has 0 amide bonds. The molecule has 4 unspecified atom stereocenters. The molecule has 19 heavy (non-hydrogen) atoms. The van der Waals surface area contributed by atoms with Crippen molar-refractivity contribution in [3.05, 3.63) is 35.6 Å². The molecule has 2 aliphatic rings. The van der Waals surface area contributed by atoms with Crippen LogP contribution < -0.4 is 5.73 Å². The largest absolute Gasteiger partial charge is 0.324 e. The number of fused-ring (bicyclic) bond motifs is 1. The maximum absolute atomic E-state index is 13.0. The molecule has 0 bridgehead atoms. The van der Waals surface area contributed by atoms with Crippen molar-refractivity contribution in [2.75, 3.05) is 0 Å². The summed E-state index contributed by atoms with van der Waals surface area (Å²) in [5, 5.41) is 0. The lowest BCUT2D eigenvalue weighted by molar-refractivity contribution is 0.117. The first-order chi connectivity index (χ1) is 9.24. The molecule has 0 heterocycles. The second-order valence-corrected chi connectivity index (χ2v) is 6.46.